The van der Waals surface area contributed by atoms with E-state index in [-0.39, 0.29) is 46.8 Å². The standard InChI is InChI=1S/C37H42Cl2F8N4O5/c1-20(2)51(23-8-5-21(6-9-23)11-13-49(19-36(42,43)44)30(52)16-22-7-10-26(38)27(39)15-22)33(54)24-17-28-29(18-25(24)37(45,46)47)56-35(3,4)34(55)50(28)14-12-48-32(53)31(40)41/h7,10,15,17-18,20-21,23,31H,5-6,8-9,11-14,16,19H2,1-4H3,(H,48,53). The number of amides is 4. The van der Waals surface area contributed by atoms with Crippen molar-refractivity contribution < 1.29 is 59.0 Å². The highest BCUT2D eigenvalue weighted by atomic mass is 35.5. The third kappa shape index (κ3) is 11.2. The smallest absolute Gasteiger partial charge is 0.417 e. The number of carbonyl (C=O) groups excluding carboxylic acids is 4. The zero-order chi connectivity index (χ0) is 41.9. The van der Waals surface area contributed by atoms with Crippen LogP contribution in [-0.2, 0) is 27.0 Å². The van der Waals surface area contributed by atoms with Crippen molar-refractivity contribution in [2.75, 3.05) is 31.1 Å². The van der Waals surface area contributed by atoms with E-state index in [1.807, 2.05) is 5.32 Å². The van der Waals surface area contributed by atoms with E-state index < -0.39 is 90.9 Å². The van der Waals surface area contributed by atoms with Gasteiger partial charge in [0.2, 0.25) is 5.91 Å². The van der Waals surface area contributed by atoms with Gasteiger partial charge in [0, 0.05) is 31.7 Å². The van der Waals surface area contributed by atoms with E-state index in [1.165, 1.54) is 36.9 Å². The first-order chi connectivity index (χ1) is 25.9. The molecule has 0 radical (unpaired) electrons. The van der Waals surface area contributed by atoms with Gasteiger partial charge in [-0.25, -0.2) is 0 Å². The number of anilines is 1. The van der Waals surface area contributed by atoms with Crippen LogP contribution in [0, 0.1) is 5.92 Å². The number of fused-ring (bicyclic) bond motifs is 1. The molecule has 0 bridgehead atoms. The summed E-state index contributed by atoms with van der Waals surface area (Å²) < 4.78 is 115. The zero-order valence-electron chi connectivity index (χ0n) is 30.9. The molecule has 1 aliphatic carbocycles. The summed E-state index contributed by atoms with van der Waals surface area (Å²) in [5.74, 6) is -4.65. The molecule has 1 saturated carbocycles. The van der Waals surface area contributed by atoms with Gasteiger partial charge in [0.1, 0.15) is 12.3 Å². The van der Waals surface area contributed by atoms with Crippen LogP contribution in [-0.4, -0.2) is 89.9 Å². The van der Waals surface area contributed by atoms with E-state index in [4.69, 9.17) is 27.9 Å². The van der Waals surface area contributed by atoms with Crippen LogP contribution in [0.5, 0.6) is 5.75 Å². The summed E-state index contributed by atoms with van der Waals surface area (Å²) in [5, 5.41) is 2.32. The molecule has 1 heterocycles. The Morgan fingerprint density at radius 1 is 0.982 bits per heavy atom. The summed E-state index contributed by atoms with van der Waals surface area (Å²) in [5.41, 5.74) is -3.63. The van der Waals surface area contributed by atoms with Gasteiger partial charge in [-0.2, -0.15) is 35.1 Å². The lowest BCUT2D eigenvalue weighted by molar-refractivity contribution is -0.161. The van der Waals surface area contributed by atoms with Gasteiger partial charge in [-0.15, -0.1) is 0 Å². The fourth-order valence-electron chi connectivity index (χ4n) is 7.07. The first kappa shape index (κ1) is 44.8. The Kier molecular flexibility index (Phi) is 14.2. The highest BCUT2D eigenvalue weighted by Gasteiger charge is 2.45. The Morgan fingerprint density at radius 2 is 1.62 bits per heavy atom. The molecule has 1 N–H and O–H groups in total. The summed E-state index contributed by atoms with van der Waals surface area (Å²) >= 11 is 11.9. The molecule has 1 aliphatic heterocycles. The van der Waals surface area contributed by atoms with E-state index in [9.17, 15) is 54.3 Å². The van der Waals surface area contributed by atoms with Gasteiger partial charge in [-0.05, 0) is 95.5 Å². The number of nitrogens with zero attached hydrogens (tertiary/aromatic N) is 3. The molecular formula is C37H42Cl2F8N4O5. The highest BCUT2D eigenvalue weighted by Crippen LogP contribution is 2.45. The molecule has 0 saturated heterocycles. The molecule has 56 heavy (non-hydrogen) atoms. The maximum Gasteiger partial charge on any atom is 0.417 e. The molecule has 2 aromatic rings. The Hall–Kier alpha value is -3.86. The van der Waals surface area contributed by atoms with Crippen molar-refractivity contribution in [2.45, 2.75) is 103 Å². The van der Waals surface area contributed by atoms with Crippen molar-refractivity contribution in [3.8, 4) is 5.75 Å². The minimum Gasteiger partial charge on any atom is -0.476 e. The van der Waals surface area contributed by atoms with Crippen molar-refractivity contribution in [2.24, 2.45) is 5.92 Å². The number of alkyl halides is 8. The molecule has 2 aliphatic rings. The minimum atomic E-state index is -5.05. The monoisotopic (exact) mass is 844 g/mol. The molecular weight excluding hydrogens is 803 g/mol. The van der Waals surface area contributed by atoms with Crippen LogP contribution in [0.1, 0.15) is 81.3 Å². The SMILES string of the molecule is CC(C)N(C(=O)c1cc2c(cc1C(F)(F)F)OC(C)(C)C(=O)N2CCNC(=O)C(F)F)C1CCC(CCN(CC(F)(F)F)C(=O)Cc2ccc(Cl)c(Cl)c2)CC1. The predicted molar refractivity (Wildman–Crippen MR) is 192 cm³/mol. The molecule has 0 unspecified atom stereocenters. The third-order valence-electron chi connectivity index (χ3n) is 9.75. The maximum atomic E-state index is 14.6. The van der Waals surface area contributed by atoms with Gasteiger partial charge in [0.25, 0.3) is 17.7 Å². The quantitative estimate of drug-likeness (QED) is 0.205. The molecule has 0 spiro atoms. The number of nitrogens with one attached hydrogen (secondary N) is 1. The molecule has 0 aromatic heterocycles. The van der Waals surface area contributed by atoms with E-state index in [0.29, 0.717) is 37.3 Å². The van der Waals surface area contributed by atoms with E-state index in [1.54, 1.807) is 13.8 Å². The fraction of sp³-hybridized carbons (Fsp3) is 0.568. The lowest BCUT2D eigenvalue weighted by Gasteiger charge is -2.41. The molecule has 4 amide bonds. The molecule has 4 rings (SSSR count). The van der Waals surface area contributed by atoms with Crippen LogP contribution in [0.2, 0.25) is 10.0 Å². The Morgan fingerprint density at radius 3 is 2.18 bits per heavy atom. The van der Waals surface area contributed by atoms with Gasteiger partial charge in [0.15, 0.2) is 5.60 Å². The summed E-state index contributed by atoms with van der Waals surface area (Å²) in [6, 6.07) is 4.67. The van der Waals surface area contributed by atoms with Gasteiger partial charge < -0.3 is 24.8 Å². The Labute approximate surface area is 328 Å². The van der Waals surface area contributed by atoms with Gasteiger partial charge in [0.05, 0.1) is 33.3 Å². The summed E-state index contributed by atoms with van der Waals surface area (Å²) in [4.78, 5) is 55.0. The topological polar surface area (TPSA) is 99.3 Å². The third-order valence-corrected chi connectivity index (χ3v) is 10.5. The molecule has 19 heteroatoms. The average molecular weight is 846 g/mol. The summed E-state index contributed by atoms with van der Waals surface area (Å²) in [6.45, 7) is 3.28. The van der Waals surface area contributed by atoms with Gasteiger partial charge in [-0.1, -0.05) is 29.3 Å². The lowest BCUT2D eigenvalue weighted by atomic mass is 9.82. The van der Waals surface area contributed by atoms with Gasteiger partial charge >= 0.3 is 18.8 Å². The second-order valence-corrected chi connectivity index (χ2v) is 15.5. The summed E-state index contributed by atoms with van der Waals surface area (Å²) in [7, 11) is 0. The van der Waals surface area contributed by atoms with E-state index in [0.717, 1.165) is 15.9 Å². The Bertz CT molecular complexity index is 1780. The van der Waals surface area contributed by atoms with Crippen LogP contribution in [0.25, 0.3) is 0 Å². The second kappa shape index (κ2) is 17.7. The number of hydrogen-bond donors (Lipinski definition) is 1. The molecule has 310 valence electrons. The van der Waals surface area contributed by atoms with E-state index in [2.05, 4.69) is 0 Å². The number of ether oxygens (including phenoxy) is 1. The molecule has 0 atom stereocenters. The number of halogens is 10. The average Bonchev–Trinajstić information content (AvgIpc) is 3.08. The van der Waals surface area contributed by atoms with Crippen molar-refractivity contribution in [3.63, 3.8) is 0 Å². The number of hydrogen-bond acceptors (Lipinski definition) is 5. The van der Waals surface area contributed by atoms with Crippen molar-refractivity contribution in [1.82, 2.24) is 15.1 Å². The maximum absolute atomic E-state index is 14.6. The van der Waals surface area contributed by atoms with Crippen LogP contribution < -0.4 is 15.0 Å². The zero-order valence-corrected chi connectivity index (χ0v) is 32.4. The number of rotatable bonds is 13. The van der Waals surface area contributed by atoms with Crippen molar-refractivity contribution in [3.05, 3.63) is 57.1 Å². The highest BCUT2D eigenvalue weighted by molar-refractivity contribution is 6.42. The molecule has 9 nitrogen and oxygen atoms in total. The van der Waals surface area contributed by atoms with E-state index >= 15 is 0 Å². The fourth-order valence-corrected chi connectivity index (χ4v) is 7.39. The summed E-state index contributed by atoms with van der Waals surface area (Å²) in [6.07, 6.45) is -11.7. The molecule has 1 fully saturated rings. The number of carbonyl (C=O) groups is 4. The van der Waals surface area contributed by atoms with Crippen molar-refractivity contribution in [1.29, 1.82) is 0 Å². The van der Waals surface area contributed by atoms with Crippen molar-refractivity contribution >= 4 is 52.5 Å². The van der Waals surface area contributed by atoms with Crippen LogP contribution in [0.15, 0.2) is 30.3 Å². The van der Waals surface area contributed by atoms with Crippen LogP contribution >= 0.6 is 23.2 Å². The predicted octanol–water partition coefficient (Wildman–Crippen LogP) is 8.33. The lowest BCUT2D eigenvalue weighted by Crippen LogP contribution is -2.54. The first-order valence-electron chi connectivity index (χ1n) is 17.8. The Balaban J connectivity index is 1.53. The number of benzene rings is 2. The second-order valence-electron chi connectivity index (χ2n) is 14.6. The van der Waals surface area contributed by atoms with Gasteiger partial charge in [-0.3, -0.25) is 19.2 Å². The normalized spacial score (nSPS) is 18.4. The minimum absolute atomic E-state index is 0.149. The first-order valence-corrected chi connectivity index (χ1v) is 18.6. The van der Waals surface area contributed by atoms with Crippen LogP contribution in [0.3, 0.4) is 0 Å². The molecule has 2 aromatic carbocycles. The van der Waals surface area contributed by atoms with Crippen LogP contribution in [0.4, 0.5) is 40.8 Å². The largest absolute Gasteiger partial charge is 0.476 e.